The van der Waals surface area contributed by atoms with Crippen molar-refractivity contribution in [2.45, 2.75) is 44.9 Å². The van der Waals surface area contributed by atoms with E-state index >= 15 is 0 Å². The average molecular weight is 353 g/mol. The summed E-state index contributed by atoms with van der Waals surface area (Å²) in [6.07, 6.45) is 2.06. The number of nitrogens with zero attached hydrogens (tertiary/aromatic N) is 4. The molecule has 0 radical (unpaired) electrons. The van der Waals surface area contributed by atoms with E-state index in [0.29, 0.717) is 12.3 Å². The minimum Gasteiger partial charge on any atom is -0.342 e. The van der Waals surface area contributed by atoms with Crippen molar-refractivity contribution in [1.82, 2.24) is 25.2 Å². The molecule has 1 N–H and O–H groups in total. The lowest BCUT2D eigenvalue weighted by Gasteiger charge is -2.30. The molecule has 4 rings (SSSR count). The number of aromatic amines is 1. The van der Waals surface area contributed by atoms with Crippen molar-refractivity contribution in [3.05, 3.63) is 41.7 Å². The van der Waals surface area contributed by atoms with Crippen molar-refractivity contribution in [2.24, 2.45) is 0 Å². The molecule has 0 aliphatic carbocycles. The number of piperidine rings is 1. The summed E-state index contributed by atoms with van der Waals surface area (Å²) in [7, 11) is 0. The van der Waals surface area contributed by atoms with Crippen molar-refractivity contribution in [1.29, 1.82) is 0 Å². The predicted octanol–water partition coefficient (Wildman–Crippen LogP) is 3.02. The van der Waals surface area contributed by atoms with Crippen molar-refractivity contribution >= 4 is 16.8 Å². The first kappa shape index (κ1) is 16.8. The summed E-state index contributed by atoms with van der Waals surface area (Å²) < 4.78 is 5.42. The zero-order valence-corrected chi connectivity index (χ0v) is 15.1. The van der Waals surface area contributed by atoms with E-state index < -0.39 is 0 Å². The lowest BCUT2D eigenvalue weighted by molar-refractivity contribution is -0.131. The van der Waals surface area contributed by atoms with Gasteiger partial charge in [0.15, 0.2) is 5.82 Å². The van der Waals surface area contributed by atoms with Gasteiger partial charge in [-0.2, -0.15) is 10.1 Å². The number of amides is 1. The molecule has 1 aliphatic heterocycles. The summed E-state index contributed by atoms with van der Waals surface area (Å²) in [5, 5.41) is 12.3. The van der Waals surface area contributed by atoms with E-state index in [0.717, 1.165) is 48.4 Å². The molecule has 1 aromatic carbocycles. The van der Waals surface area contributed by atoms with Crippen LogP contribution < -0.4 is 0 Å². The van der Waals surface area contributed by atoms with Gasteiger partial charge in [-0.15, -0.1) is 0 Å². The van der Waals surface area contributed by atoms with Gasteiger partial charge in [-0.1, -0.05) is 37.2 Å². The van der Waals surface area contributed by atoms with Crippen LogP contribution in [0.2, 0.25) is 0 Å². The molecule has 1 amide bonds. The molecule has 3 heterocycles. The molecule has 0 bridgehead atoms. The monoisotopic (exact) mass is 353 g/mol. The molecule has 1 fully saturated rings. The fraction of sp³-hybridized carbons (Fsp3) is 0.474. The van der Waals surface area contributed by atoms with E-state index in [4.69, 9.17) is 4.52 Å². The number of carbonyl (C=O) groups excluding carboxylic acids is 1. The predicted molar refractivity (Wildman–Crippen MR) is 96.7 cm³/mol. The molecule has 3 aromatic rings. The molecule has 0 atom stereocenters. The molecule has 2 aromatic heterocycles. The highest BCUT2D eigenvalue weighted by atomic mass is 16.5. The summed E-state index contributed by atoms with van der Waals surface area (Å²) in [5.74, 6) is 2.10. The largest absolute Gasteiger partial charge is 0.342 e. The Hall–Kier alpha value is -2.70. The standard InChI is InChI=1S/C19H23N5O2/c1-12(2)18-20-19(26-23-18)13-7-9-24(10-8-13)17(25)11-16-14-5-3-4-6-15(14)21-22-16/h3-6,12-13H,7-11H2,1-2H3,(H,21,22). The average Bonchev–Trinajstić information content (AvgIpc) is 3.30. The van der Waals surface area contributed by atoms with Crippen LogP contribution in [0.3, 0.4) is 0 Å². The van der Waals surface area contributed by atoms with Gasteiger partial charge >= 0.3 is 0 Å². The topological polar surface area (TPSA) is 87.9 Å². The van der Waals surface area contributed by atoms with Crippen LogP contribution >= 0.6 is 0 Å². The van der Waals surface area contributed by atoms with Crippen LogP contribution in [-0.4, -0.2) is 44.2 Å². The van der Waals surface area contributed by atoms with Crippen LogP contribution in [0.4, 0.5) is 0 Å². The highest BCUT2D eigenvalue weighted by molar-refractivity contribution is 5.87. The minimum absolute atomic E-state index is 0.131. The van der Waals surface area contributed by atoms with Gasteiger partial charge in [0, 0.05) is 30.3 Å². The minimum atomic E-state index is 0.131. The lowest BCUT2D eigenvalue weighted by Crippen LogP contribution is -2.38. The third-order valence-electron chi connectivity index (χ3n) is 5.04. The number of aromatic nitrogens is 4. The molecule has 26 heavy (non-hydrogen) atoms. The van der Waals surface area contributed by atoms with Gasteiger partial charge in [0.1, 0.15) is 0 Å². The molecule has 7 heteroatoms. The quantitative estimate of drug-likeness (QED) is 0.779. The van der Waals surface area contributed by atoms with Gasteiger partial charge in [-0.25, -0.2) is 0 Å². The molecule has 0 spiro atoms. The zero-order valence-electron chi connectivity index (χ0n) is 15.1. The molecule has 136 valence electrons. The molecule has 0 unspecified atom stereocenters. The first-order valence-electron chi connectivity index (χ1n) is 9.15. The van der Waals surface area contributed by atoms with Gasteiger partial charge in [0.25, 0.3) is 0 Å². The van der Waals surface area contributed by atoms with Crippen LogP contribution in [-0.2, 0) is 11.2 Å². The SMILES string of the molecule is CC(C)c1noc(C2CCN(C(=O)Cc3[nH]nc4ccccc34)CC2)n1. The number of fused-ring (bicyclic) bond motifs is 1. The van der Waals surface area contributed by atoms with Gasteiger partial charge in [-0.3, -0.25) is 9.89 Å². The van der Waals surface area contributed by atoms with E-state index in [9.17, 15) is 4.79 Å². The van der Waals surface area contributed by atoms with Crippen molar-refractivity contribution < 1.29 is 9.32 Å². The van der Waals surface area contributed by atoms with E-state index in [2.05, 4.69) is 34.2 Å². The Balaban J connectivity index is 1.37. The van der Waals surface area contributed by atoms with Crippen LogP contribution in [0, 0.1) is 0 Å². The maximum Gasteiger partial charge on any atom is 0.229 e. The normalized spacial score (nSPS) is 15.9. The third-order valence-corrected chi connectivity index (χ3v) is 5.04. The highest BCUT2D eigenvalue weighted by Crippen LogP contribution is 2.28. The Morgan fingerprint density at radius 3 is 2.81 bits per heavy atom. The fourth-order valence-electron chi connectivity index (χ4n) is 3.44. The number of hydrogen-bond acceptors (Lipinski definition) is 5. The number of hydrogen-bond donors (Lipinski definition) is 1. The van der Waals surface area contributed by atoms with Crippen LogP contribution in [0.15, 0.2) is 28.8 Å². The van der Waals surface area contributed by atoms with Crippen molar-refractivity contribution in [2.75, 3.05) is 13.1 Å². The second-order valence-corrected chi connectivity index (χ2v) is 7.20. The Bertz CT molecular complexity index is 905. The Morgan fingerprint density at radius 2 is 2.08 bits per heavy atom. The first-order valence-corrected chi connectivity index (χ1v) is 9.15. The number of rotatable bonds is 4. The van der Waals surface area contributed by atoms with Gasteiger partial charge in [-0.05, 0) is 18.9 Å². The number of H-pyrrole nitrogens is 1. The highest BCUT2D eigenvalue weighted by Gasteiger charge is 2.28. The summed E-state index contributed by atoms with van der Waals surface area (Å²) in [5.41, 5.74) is 1.78. The number of nitrogens with one attached hydrogen (secondary N) is 1. The number of carbonyl (C=O) groups is 1. The molecule has 7 nitrogen and oxygen atoms in total. The number of para-hydroxylation sites is 1. The van der Waals surface area contributed by atoms with Gasteiger partial charge < -0.3 is 9.42 Å². The van der Waals surface area contributed by atoms with E-state index in [1.807, 2.05) is 29.2 Å². The summed E-state index contributed by atoms with van der Waals surface area (Å²) >= 11 is 0. The van der Waals surface area contributed by atoms with Crippen LogP contribution in [0.5, 0.6) is 0 Å². The van der Waals surface area contributed by atoms with Crippen molar-refractivity contribution in [3.8, 4) is 0 Å². The maximum absolute atomic E-state index is 12.7. The lowest BCUT2D eigenvalue weighted by atomic mass is 9.96. The molecule has 0 saturated carbocycles. The number of likely N-dealkylation sites (tertiary alicyclic amines) is 1. The van der Waals surface area contributed by atoms with E-state index in [-0.39, 0.29) is 17.7 Å². The molecular formula is C19H23N5O2. The Morgan fingerprint density at radius 1 is 1.31 bits per heavy atom. The zero-order chi connectivity index (χ0) is 18.1. The Kier molecular flexibility index (Phi) is 4.44. The van der Waals surface area contributed by atoms with Gasteiger partial charge in [0.2, 0.25) is 11.8 Å². The van der Waals surface area contributed by atoms with Crippen molar-refractivity contribution in [3.63, 3.8) is 0 Å². The second-order valence-electron chi connectivity index (χ2n) is 7.20. The van der Waals surface area contributed by atoms with Crippen LogP contribution in [0.1, 0.15) is 55.9 Å². The van der Waals surface area contributed by atoms with E-state index in [1.165, 1.54) is 0 Å². The maximum atomic E-state index is 12.7. The summed E-state index contributed by atoms with van der Waals surface area (Å²) in [6.45, 7) is 5.54. The Labute approximate surface area is 151 Å². The summed E-state index contributed by atoms with van der Waals surface area (Å²) in [4.78, 5) is 19.1. The second kappa shape index (κ2) is 6.90. The first-order chi connectivity index (χ1) is 12.6. The molecule has 1 saturated heterocycles. The molecular weight excluding hydrogens is 330 g/mol. The number of benzene rings is 1. The smallest absolute Gasteiger partial charge is 0.229 e. The third kappa shape index (κ3) is 3.21. The van der Waals surface area contributed by atoms with Crippen LogP contribution in [0.25, 0.3) is 10.9 Å². The fourth-order valence-corrected chi connectivity index (χ4v) is 3.44. The van der Waals surface area contributed by atoms with E-state index in [1.54, 1.807) is 0 Å². The van der Waals surface area contributed by atoms with Gasteiger partial charge in [0.05, 0.1) is 17.6 Å². The molecule has 1 aliphatic rings. The summed E-state index contributed by atoms with van der Waals surface area (Å²) in [6, 6.07) is 7.85.